The van der Waals surface area contributed by atoms with Crippen molar-refractivity contribution in [2.75, 3.05) is 6.54 Å². The van der Waals surface area contributed by atoms with Gasteiger partial charge in [-0.25, -0.2) is 28.7 Å². The number of nitrogens with zero attached hydrogens (tertiary/aromatic N) is 8. The molecule has 0 amide bonds. The van der Waals surface area contributed by atoms with Crippen LogP contribution in [0.2, 0.25) is 0 Å². The highest BCUT2D eigenvalue weighted by atomic mass is 19.1. The molecule has 1 aromatic carbocycles. The van der Waals surface area contributed by atoms with Crippen molar-refractivity contribution in [2.24, 2.45) is 0 Å². The summed E-state index contributed by atoms with van der Waals surface area (Å²) in [5, 5.41) is 20.7. The van der Waals surface area contributed by atoms with E-state index in [1.54, 1.807) is 16.8 Å². The molecule has 0 bridgehead atoms. The zero-order valence-electron chi connectivity index (χ0n) is 17.7. The molecule has 0 unspecified atom stereocenters. The van der Waals surface area contributed by atoms with E-state index in [2.05, 4.69) is 30.0 Å². The van der Waals surface area contributed by atoms with Gasteiger partial charge in [-0.2, -0.15) is 14.6 Å². The zero-order chi connectivity index (χ0) is 22.7. The lowest BCUT2D eigenvalue weighted by molar-refractivity contribution is -0.0708. The molecule has 33 heavy (non-hydrogen) atoms. The van der Waals surface area contributed by atoms with E-state index in [1.165, 1.54) is 30.7 Å². The highest BCUT2D eigenvalue weighted by Gasteiger charge is 2.46. The summed E-state index contributed by atoms with van der Waals surface area (Å²) in [6.45, 7) is 3.85. The maximum atomic E-state index is 14.0. The highest BCUT2D eigenvalue weighted by molar-refractivity contribution is 5.64. The van der Waals surface area contributed by atoms with Crippen molar-refractivity contribution >= 4 is 0 Å². The number of fused-ring (bicyclic) bond motifs is 4. The maximum absolute atomic E-state index is 14.0. The Hall–Kier alpha value is -3.57. The summed E-state index contributed by atoms with van der Waals surface area (Å²) in [6, 6.07) is 6.92. The van der Waals surface area contributed by atoms with Gasteiger partial charge in [-0.3, -0.25) is 4.90 Å². The summed E-state index contributed by atoms with van der Waals surface area (Å²) in [7, 11) is 0. The molecule has 1 N–H and O–H groups in total. The van der Waals surface area contributed by atoms with Gasteiger partial charge in [0, 0.05) is 29.9 Å². The van der Waals surface area contributed by atoms with Crippen molar-refractivity contribution < 1.29 is 13.9 Å². The molecule has 4 aromatic rings. The summed E-state index contributed by atoms with van der Waals surface area (Å²) in [5.74, 6) is 0.814. The third-order valence-electron chi connectivity index (χ3n) is 6.61. The third kappa shape index (κ3) is 3.15. The van der Waals surface area contributed by atoms with E-state index in [0.29, 0.717) is 48.0 Å². The smallest absolute Gasteiger partial charge is 0.212 e. The highest BCUT2D eigenvalue weighted by Crippen LogP contribution is 2.41. The van der Waals surface area contributed by atoms with Crippen LogP contribution in [-0.4, -0.2) is 57.1 Å². The first-order valence-corrected chi connectivity index (χ1v) is 10.6. The van der Waals surface area contributed by atoms with Crippen LogP contribution in [0.5, 0.6) is 0 Å². The lowest BCUT2D eigenvalue weighted by Gasteiger charge is -2.44. The van der Waals surface area contributed by atoms with Gasteiger partial charge in [0.05, 0.1) is 19.6 Å². The van der Waals surface area contributed by atoms with Crippen LogP contribution >= 0.6 is 0 Å². The second kappa shape index (κ2) is 7.22. The molecule has 6 rings (SSSR count). The molecule has 0 aliphatic carbocycles. The lowest BCUT2D eigenvalue weighted by atomic mass is 9.80. The van der Waals surface area contributed by atoms with Gasteiger partial charge in [-0.1, -0.05) is 6.07 Å². The molecular weight excluding hydrogens is 430 g/mol. The maximum Gasteiger partial charge on any atom is 0.212 e. The van der Waals surface area contributed by atoms with Crippen molar-refractivity contribution in [1.82, 2.24) is 39.4 Å². The van der Waals surface area contributed by atoms with Gasteiger partial charge in [0.25, 0.3) is 0 Å². The second-order valence-corrected chi connectivity index (χ2v) is 8.45. The van der Waals surface area contributed by atoms with Crippen molar-refractivity contribution in [3.63, 3.8) is 0 Å². The fourth-order valence-electron chi connectivity index (χ4n) is 4.76. The number of halogens is 2. The normalized spacial score (nSPS) is 20.7. The molecule has 0 saturated carbocycles. The zero-order valence-corrected chi connectivity index (χ0v) is 17.7. The number of pyridine rings is 1. The Morgan fingerprint density at radius 1 is 1.09 bits per heavy atom. The Morgan fingerprint density at radius 3 is 2.79 bits per heavy atom. The minimum absolute atomic E-state index is 0.206. The largest absolute Gasteiger partial charge is 0.382 e. The van der Waals surface area contributed by atoms with E-state index in [9.17, 15) is 13.9 Å². The predicted octanol–water partition coefficient (Wildman–Crippen LogP) is 1.98. The molecule has 168 valence electrons. The molecule has 0 fully saturated rings. The Balaban J connectivity index is 1.32. The monoisotopic (exact) mass is 450 g/mol. The molecule has 9 nitrogen and oxygen atoms in total. The minimum Gasteiger partial charge on any atom is -0.382 e. The number of aliphatic hydroxyl groups is 1. The minimum atomic E-state index is -1.31. The van der Waals surface area contributed by atoms with Gasteiger partial charge in [0.2, 0.25) is 5.95 Å². The fourth-order valence-corrected chi connectivity index (χ4v) is 4.76. The number of aromatic nitrogens is 7. The van der Waals surface area contributed by atoms with Gasteiger partial charge < -0.3 is 5.11 Å². The first-order chi connectivity index (χ1) is 15.9. The van der Waals surface area contributed by atoms with E-state index in [1.807, 2.05) is 11.6 Å². The molecule has 0 saturated heterocycles. The van der Waals surface area contributed by atoms with Gasteiger partial charge in [-0.15, -0.1) is 0 Å². The summed E-state index contributed by atoms with van der Waals surface area (Å²) in [5.41, 5.74) is 0.496. The number of hydrogen-bond acceptors (Lipinski definition) is 7. The molecule has 0 radical (unpaired) electrons. The quantitative estimate of drug-likeness (QED) is 0.477. The van der Waals surface area contributed by atoms with Gasteiger partial charge >= 0.3 is 0 Å². The van der Waals surface area contributed by atoms with Crippen molar-refractivity contribution in [2.45, 2.75) is 38.2 Å². The van der Waals surface area contributed by atoms with Crippen LogP contribution in [0.4, 0.5) is 8.78 Å². The standard InChI is InChI=1S/C22H20F2N8O/c1-13(22(33)11-32-21(26-12-27-32)16-8-15(23)3-4-17(16)22)30-6-7-31-19(10-30)28-20(29-31)14-2-5-18(24)25-9-14/h2-5,8-9,12-13,33H,6-7,10-11H2,1H3/t13-,22-/m1/s1. The molecule has 2 atom stereocenters. The second-order valence-electron chi connectivity index (χ2n) is 8.45. The first kappa shape index (κ1) is 20.1. The van der Waals surface area contributed by atoms with Crippen LogP contribution in [0, 0.1) is 11.8 Å². The van der Waals surface area contributed by atoms with Crippen LogP contribution in [-0.2, 0) is 25.2 Å². The summed E-state index contributed by atoms with van der Waals surface area (Å²) >= 11 is 0. The molecule has 5 heterocycles. The SMILES string of the molecule is C[C@@H](N1CCn2nc(-c3ccc(F)nc3)nc2C1)[C@]1(O)Cn2ncnc2-c2cc(F)ccc21. The average molecular weight is 450 g/mol. The molecule has 0 spiro atoms. The lowest BCUT2D eigenvalue weighted by Crippen LogP contribution is -2.54. The Morgan fingerprint density at radius 2 is 1.97 bits per heavy atom. The van der Waals surface area contributed by atoms with Gasteiger partial charge in [0.15, 0.2) is 11.6 Å². The van der Waals surface area contributed by atoms with Crippen molar-refractivity contribution in [3.05, 3.63) is 66.0 Å². The van der Waals surface area contributed by atoms with E-state index < -0.39 is 17.4 Å². The fraction of sp³-hybridized carbons (Fsp3) is 0.318. The van der Waals surface area contributed by atoms with E-state index in [0.717, 1.165) is 5.82 Å². The molecule has 2 aliphatic rings. The third-order valence-corrected chi connectivity index (χ3v) is 6.61. The van der Waals surface area contributed by atoms with Crippen molar-refractivity contribution in [3.8, 4) is 22.8 Å². The van der Waals surface area contributed by atoms with Crippen molar-refractivity contribution in [1.29, 1.82) is 0 Å². The number of hydrogen-bond donors (Lipinski definition) is 1. The molecular formula is C22H20F2N8O. The van der Waals surface area contributed by atoms with Crippen LogP contribution < -0.4 is 0 Å². The summed E-state index contributed by atoms with van der Waals surface area (Å²) in [4.78, 5) is 14.7. The Bertz CT molecular complexity index is 1350. The average Bonchev–Trinajstić information content (AvgIpc) is 3.45. The molecule has 3 aromatic heterocycles. The van der Waals surface area contributed by atoms with Crippen LogP contribution in [0.25, 0.3) is 22.8 Å². The van der Waals surface area contributed by atoms with Crippen LogP contribution in [0.1, 0.15) is 18.3 Å². The number of benzene rings is 1. The van der Waals surface area contributed by atoms with E-state index in [4.69, 9.17) is 0 Å². The topological polar surface area (TPSA) is 97.8 Å². The van der Waals surface area contributed by atoms with Gasteiger partial charge in [-0.05, 0) is 36.8 Å². The molecule has 11 heteroatoms. The van der Waals surface area contributed by atoms with Crippen LogP contribution in [0.15, 0.2) is 42.9 Å². The van der Waals surface area contributed by atoms with Crippen LogP contribution in [0.3, 0.4) is 0 Å². The Labute approximate surface area is 187 Å². The predicted molar refractivity (Wildman–Crippen MR) is 112 cm³/mol. The van der Waals surface area contributed by atoms with Gasteiger partial charge in [0.1, 0.15) is 23.6 Å². The number of rotatable bonds is 3. The molecule has 2 aliphatic heterocycles. The Kier molecular flexibility index (Phi) is 4.39. The first-order valence-electron chi connectivity index (χ1n) is 10.6. The summed E-state index contributed by atoms with van der Waals surface area (Å²) in [6.07, 6.45) is 2.82. The van der Waals surface area contributed by atoms with E-state index in [-0.39, 0.29) is 12.6 Å². The van der Waals surface area contributed by atoms with E-state index >= 15 is 0 Å². The summed E-state index contributed by atoms with van der Waals surface area (Å²) < 4.78 is 30.6.